The van der Waals surface area contributed by atoms with E-state index in [2.05, 4.69) is 15.2 Å². The molecule has 0 bridgehead atoms. The quantitative estimate of drug-likeness (QED) is 0.874. The molecule has 4 rings (SSSR count). The van der Waals surface area contributed by atoms with Crippen LogP contribution < -0.4 is 10.2 Å². The molecule has 0 atom stereocenters. The summed E-state index contributed by atoms with van der Waals surface area (Å²) in [5, 5.41) is 3.41. The number of nitrogens with zero attached hydrogens (tertiary/aromatic N) is 2. The molecular formula is C20H22ClN3O3. The number of pyridine rings is 1. The number of morpholine rings is 1. The van der Waals surface area contributed by atoms with E-state index in [1.807, 2.05) is 6.07 Å². The third kappa shape index (κ3) is 4.24. The molecule has 6 nitrogen and oxygen atoms in total. The Balaban J connectivity index is 1.43. The maximum atomic E-state index is 12.4. The molecule has 1 spiro atoms. The normalized spacial score (nSPS) is 19.1. The minimum Gasteiger partial charge on any atom is -0.381 e. The molecule has 1 aromatic heterocycles. The van der Waals surface area contributed by atoms with Crippen molar-refractivity contribution < 1.29 is 14.3 Å². The Bertz CT molecular complexity index is 801. The maximum Gasteiger partial charge on any atom is 0.257 e. The zero-order valence-corrected chi connectivity index (χ0v) is 15.7. The Hall–Kier alpha value is -2.15. The van der Waals surface area contributed by atoms with Crippen molar-refractivity contribution in [2.24, 2.45) is 0 Å². The fraction of sp³-hybridized carbons (Fsp3) is 0.400. The Labute approximate surface area is 163 Å². The fourth-order valence-corrected chi connectivity index (χ4v) is 3.75. The summed E-state index contributed by atoms with van der Waals surface area (Å²) < 4.78 is 11.5. The number of ether oxygens (including phenoxy) is 2. The summed E-state index contributed by atoms with van der Waals surface area (Å²) in [6.45, 7) is 3.76. The fourth-order valence-electron chi connectivity index (χ4n) is 3.56. The van der Waals surface area contributed by atoms with Gasteiger partial charge < -0.3 is 19.7 Å². The number of anilines is 2. The highest BCUT2D eigenvalue weighted by Crippen LogP contribution is 2.30. The summed E-state index contributed by atoms with van der Waals surface area (Å²) in [4.78, 5) is 19.2. The molecule has 2 aliphatic heterocycles. The number of halogens is 1. The Kier molecular flexibility index (Phi) is 5.29. The van der Waals surface area contributed by atoms with Crippen LogP contribution in [-0.2, 0) is 9.47 Å². The van der Waals surface area contributed by atoms with Gasteiger partial charge in [-0.1, -0.05) is 17.7 Å². The van der Waals surface area contributed by atoms with Gasteiger partial charge in [-0.25, -0.2) is 4.98 Å². The molecule has 2 fully saturated rings. The van der Waals surface area contributed by atoms with Gasteiger partial charge in [-0.15, -0.1) is 0 Å². The highest BCUT2D eigenvalue weighted by Gasteiger charge is 2.38. The third-order valence-electron chi connectivity index (χ3n) is 5.07. The first kappa shape index (κ1) is 18.2. The van der Waals surface area contributed by atoms with Crippen molar-refractivity contribution in [3.63, 3.8) is 0 Å². The molecular weight excluding hydrogens is 366 g/mol. The summed E-state index contributed by atoms with van der Waals surface area (Å²) in [5.41, 5.74) is 1.03. The monoisotopic (exact) mass is 387 g/mol. The lowest BCUT2D eigenvalue weighted by atomic mass is 9.92. The molecule has 1 aromatic carbocycles. The van der Waals surface area contributed by atoms with Crippen molar-refractivity contribution in [2.45, 2.75) is 18.4 Å². The van der Waals surface area contributed by atoms with Crippen molar-refractivity contribution in [2.75, 3.05) is 43.1 Å². The Morgan fingerprint density at radius 2 is 2.04 bits per heavy atom. The van der Waals surface area contributed by atoms with Gasteiger partial charge in [0.05, 0.1) is 17.8 Å². The number of hydrogen-bond donors (Lipinski definition) is 1. The molecule has 27 heavy (non-hydrogen) atoms. The number of aromatic nitrogens is 1. The zero-order chi connectivity index (χ0) is 18.7. The van der Waals surface area contributed by atoms with Gasteiger partial charge in [0, 0.05) is 56.1 Å². The van der Waals surface area contributed by atoms with Gasteiger partial charge in [-0.3, -0.25) is 4.79 Å². The van der Waals surface area contributed by atoms with Crippen LogP contribution in [0.1, 0.15) is 23.2 Å². The van der Waals surface area contributed by atoms with E-state index in [0.29, 0.717) is 22.9 Å². The molecule has 2 saturated heterocycles. The zero-order valence-electron chi connectivity index (χ0n) is 15.0. The molecule has 0 unspecified atom stereocenters. The van der Waals surface area contributed by atoms with Crippen LogP contribution in [-0.4, -0.2) is 49.4 Å². The number of rotatable bonds is 3. The summed E-state index contributed by atoms with van der Waals surface area (Å²) in [6, 6.07) is 10.8. The van der Waals surface area contributed by atoms with E-state index < -0.39 is 0 Å². The van der Waals surface area contributed by atoms with Gasteiger partial charge >= 0.3 is 0 Å². The number of carbonyl (C=O) groups excluding carboxylic acids is 1. The van der Waals surface area contributed by atoms with Crippen LogP contribution in [0.5, 0.6) is 0 Å². The topological polar surface area (TPSA) is 63.7 Å². The van der Waals surface area contributed by atoms with E-state index in [9.17, 15) is 4.79 Å². The van der Waals surface area contributed by atoms with Crippen molar-refractivity contribution in [3.8, 4) is 0 Å². The molecule has 1 N–H and O–H groups in total. The smallest absolute Gasteiger partial charge is 0.257 e. The molecule has 0 aliphatic carbocycles. The molecule has 7 heteroatoms. The first-order valence-corrected chi connectivity index (χ1v) is 9.51. The van der Waals surface area contributed by atoms with Crippen molar-refractivity contribution in [1.82, 2.24) is 4.98 Å². The lowest BCUT2D eigenvalue weighted by Gasteiger charge is -2.45. The highest BCUT2D eigenvalue weighted by molar-refractivity contribution is 6.30. The summed E-state index contributed by atoms with van der Waals surface area (Å²) in [7, 11) is 0. The van der Waals surface area contributed by atoms with Crippen LogP contribution in [0, 0.1) is 0 Å². The molecule has 142 valence electrons. The van der Waals surface area contributed by atoms with E-state index in [-0.39, 0.29) is 11.5 Å². The van der Waals surface area contributed by atoms with Crippen molar-refractivity contribution in [3.05, 3.63) is 53.2 Å². The van der Waals surface area contributed by atoms with Crippen LogP contribution in [0.3, 0.4) is 0 Å². The highest BCUT2D eigenvalue weighted by atomic mass is 35.5. The Morgan fingerprint density at radius 3 is 2.78 bits per heavy atom. The maximum absolute atomic E-state index is 12.4. The van der Waals surface area contributed by atoms with Crippen LogP contribution in [0.25, 0.3) is 0 Å². The summed E-state index contributed by atoms with van der Waals surface area (Å²) in [6.07, 6.45) is 3.43. The molecule has 1 amide bonds. The molecule has 0 radical (unpaired) electrons. The molecule has 2 aliphatic rings. The second-order valence-electron chi connectivity index (χ2n) is 6.93. The lowest BCUT2D eigenvalue weighted by Crippen LogP contribution is -2.54. The van der Waals surface area contributed by atoms with Gasteiger partial charge in [0.1, 0.15) is 5.82 Å². The first-order chi connectivity index (χ1) is 13.1. The van der Waals surface area contributed by atoms with Crippen molar-refractivity contribution >= 4 is 29.0 Å². The Morgan fingerprint density at radius 1 is 1.19 bits per heavy atom. The second kappa shape index (κ2) is 7.84. The number of nitrogens with one attached hydrogen (secondary N) is 1. The standard InChI is InChI=1S/C20H22ClN3O3/c21-16-2-1-3-17(12-16)23-19(25)15-4-5-18(22-13-15)24-8-11-27-20(14-24)6-9-26-10-7-20/h1-5,12-13H,6-11,14H2,(H,23,25). The van der Waals surface area contributed by atoms with Gasteiger partial charge in [0.2, 0.25) is 0 Å². The van der Waals surface area contributed by atoms with E-state index >= 15 is 0 Å². The number of hydrogen-bond acceptors (Lipinski definition) is 5. The summed E-state index contributed by atoms with van der Waals surface area (Å²) in [5.74, 6) is 0.655. The SMILES string of the molecule is O=C(Nc1cccc(Cl)c1)c1ccc(N2CCOC3(CCOCC3)C2)nc1. The molecule has 0 saturated carbocycles. The average molecular weight is 388 g/mol. The minimum absolute atomic E-state index is 0.138. The van der Waals surface area contributed by atoms with E-state index in [4.69, 9.17) is 21.1 Å². The second-order valence-corrected chi connectivity index (χ2v) is 7.37. The van der Waals surface area contributed by atoms with Crippen LogP contribution >= 0.6 is 11.6 Å². The predicted octanol–water partition coefficient (Wildman–Crippen LogP) is 3.37. The predicted molar refractivity (Wildman–Crippen MR) is 105 cm³/mol. The minimum atomic E-state index is -0.209. The van der Waals surface area contributed by atoms with E-state index in [0.717, 1.165) is 45.0 Å². The largest absolute Gasteiger partial charge is 0.381 e. The van der Waals surface area contributed by atoms with E-state index in [1.165, 1.54) is 0 Å². The van der Waals surface area contributed by atoms with Crippen molar-refractivity contribution in [1.29, 1.82) is 0 Å². The van der Waals surface area contributed by atoms with E-state index in [1.54, 1.807) is 36.5 Å². The number of amides is 1. The summed E-state index contributed by atoms with van der Waals surface area (Å²) >= 11 is 5.96. The van der Waals surface area contributed by atoms with Crippen LogP contribution in [0.15, 0.2) is 42.6 Å². The lowest BCUT2D eigenvalue weighted by molar-refractivity contribution is -0.116. The molecule has 2 aromatic rings. The van der Waals surface area contributed by atoms with Gasteiger partial charge in [-0.2, -0.15) is 0 Å². The van der Waals surface area contributed by atoms with Gasteiger partial charge in [0.25, 0.3) is 5.91 Å². The molecule has 3 heterocycles. The average Bonchev–Trinajstić information content (AvgIpc) is 2.69. The van der Waals surface area contributed by atoms with Gasteiger partial charge in [-0.05, 0) is 30.3 Å². The van der Waals surface area contributed by atoms with Crippen LogP contribution in [0.4, 0.5) is 11.5 Å². The van der Waals surface area contributed by atoms with Gasteiger partial charge in [0.15, 0.2) is 0 Å². The first-order valence-electron chi connectivity index (χ1n) is 9.13. The number of benzene rings is 1. The van der Waals surface area contributed by atoms with Crippen LogP contribution in [0.2, 0.25) is 5.02 Å². The number of carbonyl (C=O) groups is 1. The third-order valence-corrected chi connectivity index (χ3v) is 5.30.